The fourth-order valence-corrected chi connectivity index (χ4v) is 6.90. The number of thiazole rings is 1. The maximum Gasteiger partial charge on any atom is 0.338 e. The SMILES string of the molecule is CCCC1=C(C(=O)OCC)[C@@H](c2cccs2)n2c(s/c(=C\c3cc(C)n(-c4ccc(C(=O)O)cc4)c3C)c2=O)=N1. The first kappa shape index (κ1) is 27.5. The first-order chi connectivity index (χ1) is 19.2. The molecule has 4 heterocycles. The van der Waals surface area contributed by atoms with Gasteiger partial charge >= 0.3 is 11.9 Å². The van der Waals surface area contributed by atoms with Crippen molar-refractivity contribution in [2.24, 2.45) is 4.99 Å². The van der Waals surface area contributed by atoms with Gasteiger partial charge in [-0.2, -0.15) is 0 Å². The van der Waals surface area contributed by atoms with Crippen LogP contribution in [0.15, 0.2) is 68.9 Å². The minimum Gasteiger partial charge on any atom is -0.478 e. The van der Waals surface area contributed by atoms with Crippen molar-refractivity contribution in [2.75, 3.05) is 6.61 Å². The van der Waals surface area contributed by atoms with Crippen LogP contribution < -0.4 is 14.9 Å². The van der Waals surface area contributed by atoms with Crippen LogP contribution in [-0.2, 0) is 9.53 Å². The highest BCUT2D eigenvalue weighted by Crippen LogP contribution is 2.34. The van der Waals surface area contributed by atoms with Crippen LogP contribution in [0.5, 0.6) is 0 Å². The highest BCUT2D eigenvalue weighted by Gasteiger charge is 2.34. The zero-order valence-corrected chi connectivity index (χ0v) is 24.3. The maximum atomic E-state index is 13.9. The molecule has 0 radical (unpaired) electrons. The number of carboxylic acids is 1. The zero-order chi connectivity index (χ0) is 28.6. The van der Waals surface area contributed by atoms with Crippen molar-refractivity contribution in [3.05, 3.63) is 106 Å². The van der Waals surface area contributed by atoms with Crippen molar-refractivity contribution in [2.45, 2.75) is 46.6 Å². The molecule has 1 aliphatic rings. The Kier molecular flexibility index (Phi) is 7.73. The number of carboxylic acid groups (broad SMARTS) is 1. The fraction of sp³-hybridized carbons (Fsp3) is 0.267. The summed E-state index contributed by atoms with van der Waals surface area (Å²) in [5, 5.41) is 11.2. The van der Waals surface area contributed by atoms with Gasteiger partial charge in [-0.1, -0.05) is 30.7 Å². The number of rotatable bonds is 8. The van der Waals surface area contributed by atoms with Gasteiger partial charge in [0.2, 0.25) is 0 Å². The van der Waals surface area contributed by atoms with Crippen LogP contribution in [-0.4, -0.2) is 32.8 Å². The van der Waals surface area contributed by atoms with Gasteiger partial charge in [0.25, 0.3) is 5.56 Å². The van der Waals surface area contributed by atoms with E-state index in [0.29, 0.717) is 27.0 Å². The second-order valence-corrected chi connectivity index (χ2v) is 11.4. The van der Waals surface area contributed by atoms with Gasteiger partial charge in [0.1, 0.15) is 6.04 Å². The monoisotopic (exact) mass is 575 g/mol. The van der Waals surface area contributed by atoms with Crippen LogP contribution in [0, 0.1) is 13.8 Å². The van der Waals surface area contributed by atoms with Crippen molar-refractivity contribution < 1.29 is 19.4 Å². The Labute approximate surface area is 238 Å². The molecular formula is C30H29N3O5S2. The molecule has 0 amide bonds. The third-order valence-electron chi connectivity index (χ3n) is 6.83. The molecule has 0 aliphatic carbocycles. The molecule has 1 aliphatic heterocycles. The van der Waals surface area contributed by atoms with Gasteiger partial charge in [0, 0.05) is 22.0 Å². The van der Waals surface area contributed by atoms with E-state index in [1.807, 2.05) is 55.0 Å². The van der Waals surface area contributed by atoms with E-state index in [-0.39, 0.29) is 17.7 Å². The van der Waals surface area contributed by atoms with Crippen LogP contribution in [0.2, 0.25) is 0 Å². The third kappa shape index (κ3) is 4.89. The number of ether oxygens (including phenoxy) is 1. The van der Waals surface area contributed by atoms with Crippen LogP contribution in [0.4, 0.5) is 0 Å². The number of hydrogen-bond acceptors (Lipinski definition) is 7. The van der Waals surface area contributed by atoms with Gasteiger partial charge in [-0.15, -0.1) is 11.3 Å². The molecule has 0 fully saturated rings. The second-order valence-electron chi connectivity index (χ2n) is 9.44. The number of fused-ring (bicyclic) bond motifs is 1. The largest absolute Gasteiger partial charge is 0.478 e. The summed E-state index contributed by atoms with van der Waals surface area (Å²) in [7, 11) is 0. The first-order valence-electron chi connectivity index (χ1n) is 13.0. The third-order valence-corrected chi connectivity index (χ3v) is 8.74. The number of allylic oxidation sites excluding steroid dienone is 1. The van der Waals surface area contributed by atoms with Crippen molar-refractivity contribution >= 4 is 40.7 Å². The molecule has 206 valence electrons. The van der Waals surface area contributed by atoms with Gasteiger partial charge in [-0.3, -0.25) is 9.36 Å². The Morgan fingerprint density at radius 3 is 2.52 bits per heavy atom. The second kappa shape index (κ2) is 11.2. The summed E-state index contributed by atoms with van der Waals surface area (Å²) >= 11 is 2.80. The van der Waals surface area contributed by atoms with Crippen LogP contribution in [0.1, 0.15) is 64.9 Å². The van der Waals surface area contributed by atoms with Gasteiger partial charge in [-0.05, 0) is 80.6 Å². The average Bonchev–Trinajstić information content (AvgIpc) is 3.63. The Hall–Kier alpha value is -4.02. The minimum atomic E-state index is -0.974. The predicted molar refractivity (Wildman–Crippen MR) is 156 cm³/mol. The quantitative estimate of drug-likeness (QED) is 0.306. The van der Waals surface area contributed by atoms with Gasteiger partial charge in [-0.25, -0.2) is 14.6 Å². The van der Waals surface area contributed by atoms with Gasteiger partial charge in [0.15, 0.2) is 4.80 Å². The summed E-state index contributed by atoms with van der Waals surface area (Å²) in [6.07, 6.45) is 3.27. The lowest BCUT2D eigenvalue weighted by molar-refractivity contribution is -0.139. The van der Waals surface area contributed by atoms with Crippen LogP contribution in [0.25, 0.3) is 11.8 Å². The lowest BCUT2D eigenvalue weighted by atomic mass is 9.99. The molecule has 0 spiro atoms. The van der Waals surface area contributed by atoms with Crippen LogP contribution >= 0.6 is 22.7 Å². The van der Waals surface area contributed by atoms with Gasteiger partial charge < -0.3 is 14.4 Å². The molecule has 40 heavy (non-hydrogen) atoms. The van der Waals surface area contributed by atoms with Crippen LogP contribution in [0.3, 0.4) is 0 Å². The van der Waals surface area contributed by atoms with Crippen molar-refractivity contribution in [3.8, 4) is 5.69 Å². The van der Waals surface area contributed by atoms with Crippen molar-refractivity contribution in [3.63, 3.8) is 0 Å². The number of thiophene rings is 1. The van der Waals surface area contributed by atoms with E-state index >= 15 is 0 Å². The Morgan fingerprint density at radius 1 is 1.15 bits per heavy atom. The number of esters is 1. The number of carbonyl (C=O) groups is 2. The van der Waals surface area contributed by atoms with E-state index in [0.717, 1.165) is 33.9 Å². The summed E-state index contributed by atoms with van der Waals surface area (Å²) in [6, 6.07) is 11.9. The lowest BCUT2D eigenvalue weighted by Crippen LogP contribution is -2.39. The number of benzene rings is 1. The van der Waals surface area contributed by atoms with E-state index in [9.17, 15) is 19.5 Å². The normalized spacial score (nSPS) is 15.2. The molecular weight excluding hydrogens is 546 g/mol. The molecule has 0 unspecified atom stereocenters. The smallest absolute Gasteiger partial charge is 0.338 e. The number of aromatic carboxylic acids is 1. The molecule has 0 saturated carbocycles. The molecule has 0 bridgehead atoms. The Morgan fingerprint density at radius 2 is 1.90 bits per heavy atom. The summed E-state index contributed by atoms with van der Waals surface area (Å²) < 4.78 is 9.60. The van der Waals surface area contributed by atoms with E-state index in [1.165, 1.54) is 22.7 Å². The first-order valence-corrected chi connectivity index (χ1v) is 14.7. The summed E-state index contributed by atoms with van der Waals surface area (Å²) in [5.74, 6) is -1.42. The van der Waals surface area contributed by atoms with E-state index in [4.69, 9.17) is 9.73 Å². The van der Waals surface area contributed by atoms with E-state index in [1.54, 1.807) is 35.8 Å². The van der Waals surface area contributed by atoms with E-state index < -0.39 is 18.0 Å². The standard InChI is InChI=1S/C30H29N3O5S2/c1-5-8-22-25(29(37)38-6-2)26(23-9-7-14-39-23)33-27(34)24(40-30(33)31-22)16-20-15-17(3)32(18(20)4)21-12-10-19(11-13-21)28(35)36/h7,9-16,26H,5-6,8H2,1-4H3,(H,35,36)/b24-16-/t26-/m1/s1. The summed E-state index contributed by atoms with van der Waals surface area (Å²) in [6.45, 7) is 7.97. The maximum absolute atomic E-state index is 13.9. The number of carbonyl (C=O) groups excluding carboxylic acids is 1. The lowest BCUT2D eigenvalue weighted by Gasteiger charge is -2.24. The highest BCUT2D eigenvalue weighted by molar-refractivity contribution is 7.10. The van der Waals surface area contributed by atoms with E-state index in [2.05, 4.69) is 0 Å². The fourth-order valence-electron chi connectivity index (χ4n) is 5.06. The molecule has 4 aromatic rings. The zero-order valence-electron chi connectivity index (χ0n) is 22.6. The molecule has 10 heteroatoms. The average molecular weight is 576 g/mol. The number of nitrogens with zero attached hydrogens (tertiary/aromatic N) is 3. The number of hydrogen-bond donors (Lipinski definition) is 1. The molecule has 1 aromatic carbocycles. The molecule has 5 rings (SSSR count). The number of aryl methyl sites for hydroxylation is 1. The Bertz CT molecular complexity index is 1810. The Balaban J connectivity index is 1.66. The van der Waals surface area contributed by atoms with Crippen molar-refractivity contribution in [1.29, 1.82) is 0 Å². The predicted octanol–water partition coefficient (Wildman–Crippen LogP) is 4.75. The number of aromatic nitrogens is 2. The summed E-state index contributed by atoms with van der Waals surface area (Å²) in [5.41, 5.74) is 4.67. The molecule has 3 aromatic heterocycles. The molecule has 1 N–H and O–H groups in total. The highest BCUT2D eigenvalue weighted by atomic mass is 32.1. The summed E-state index contributed by atoms with van der Waals surface area (Å²) in [4.78, 5) is 44.7. The van der Waals surface area contributed by atoms with Gasteiger partial charge in [0.05, 0.1) is 28.0 Å². The topological polar surface area (TPSA) is 103 Å². The van der Waals surface area contributed by atoms with Crippen molar-refractivity contribution in [1.82, 2.24) is 9.13 Å². The molecule has 1 atom stereocenters. The minimum absolute atomic E-state index is 0.213. The molecule has 8 nitrogen and oxygen atoms in total. The molecule has 0 saturated heterocycles.